The van der Waals surface area contributed by atoms with Crippen molar-refractivity contribution in [3.63, 3.8) is 0 Å². The van der Waals surface area contributed by atoms with Crippen LogP contribution in [0.15, 0.2) is 60.2 Å². The summed E-state index contributed by atoms with van der Waals surface area (Å²) in [5.74, 6) is 0. The van der Waals surface area contributed by atoms with Gasteiger partial charge in [0.15, 0.2) is 0 Å². The smallest absolute Gasteiger partial charge is 0.493 e. The largest absolute Gasteiger partial charge is 2.00 e. The minimum atomic E-state index is 0. The molecule has 45 heavy (non-hydrogen) atoms. The molecule has 3 heteroatoms. The minimum absolute atomic E-state index is 0. The van der Waals surface area contributed by atoms with Crippen LogP contribution in [0.4, 0.5) is 0 Å². The van der Waals surface area contributed by atoms with Crippen LogP contribution >= 0.6 is 0 Å². The molecule has 0 N–H and O–H groups in total. The maximum atomic E-state index is 11.6. The number of allylic oxidation sites excluding steroid dienone is 2. The van der Waals surface area contributed by atoms with Gasteiger partial charge in [0, 0.05) is 22.8 Å². The average molecular weight is 658 g/mol. The van der Waals surface area contributed by atoms with Gasteiger partial charge in [0.05, 0.1) is 0 Å². The molecule has 2 nitrogen and oxygen atoms in total. The predicted octanol–water partition coefficient (Wildman–Crippen LogP) is 13.9. The van der Waals surface area contributed by atoms with Crippen LogP contribution < -0.4 is 0 Å². The Labute approximate surface area is 290 Å². The van der Waals surface area contributed by atoms with Crippen molar-refractivity contribution >= 4 is 11.4 Å². The van der Waals surface area contributed by atoms with Crippen LogP contribution in [0.3, 0.4) is 0 Å². The first-order chi connectivity index (χ1) is 21.7. The zero-order chi connectivity index (χ0) is 32.4. The van der Waals surface area contributed by atoms with E-state index >= 15 is 0 Å². The summed E-state index contributed by atoms with van der Waals surface area (Å²) in [6, 6.07) is 17.8. The van der Waals surface area contributed by atoms with Gasteiger partial charge < -0.3 is 19.4 Å². The Balaban J connectivity index is 0.00000372. The molecule has 0 amide bonds. The molecule has 0 saturated heterocycles. The number of aryl methyl sites for hydroxylation is 2. The first kappa shape index (κ1) is 43.0. The Hall–Kier alpha value is -1.99. The number of hydrogen-bond donors (Lipinski definition) is 0. The number of benzene rings is 2. The molecule has 3 rings (SSSR count). The molecule has 0 saturated carbocycles. The monoisotopic (exact) mass is 656 g/mol. The van der Waals surface area contributed by atoms with Gasteiger partial charge in [-0.25, -0.2) is 4.70 Å². The third-order valence-corrected chi connectivity index (χ3v) is 8.42. The zero-order valence-electron chi connectivity index (χ0n) is 29.8. The molecular weight excluding hydrogens is 591 g/mol. The molecule has 254 valence electrons. The number of rotatable bonds is 21. The summed E-state index contributed by atoms with van der Waals surface area (Å²) in [6.07, 6.45) is 26.3. The Bertz CT molecular complexity index is 1100. The van der Waals surface area contributed by atoms with Crippen LogP contribution in [-0.2, 0) is 29.3 Å². The van der Waals surface area contributed by atoms with E-state index in [1.165, 1.54) is 118 Å². The fraction of sp³-hybridized carbons (Fsp3) is 0.571. The molecule has 0 radical (unpaired) electrons. The molecule has 2 aromatic carbocycles. The van der Waals surface area contributed by atoms with Crippen LogP contribution in [0, 0.1) is 13.8 Å². The van der Waals surface area contributed by atoms with Gasteiger partial charge >= 0.3 is 16.5 Å². The second kappa shape index (κ2) is 28.3. The molecule has 0 spiro atoms. The molecule has 2 aromatic rings. The van der Waals surface area contributed by atoms with E-state index in [9.17, 15) is 5.53 Å². The van der Waals surface area contributed by atoms with E-state index in [-0.39, 0.29) is 16.5 Å². The van der Waals surface area contributed by atoms with Gasteiger partial charge in [0.2, 0.25) is 11.4 Å². The quantitative estimate of drug-likeness (QED) is 0.0553. The maximum absolute atomic E-state index is 11.6. The first-order valence-electron chi connectivity index (χ1n) is 18.2. The van der Waals surface area contributed by atoms with Crippen LogP contribution in [-0.4, -0.2) is 4.70 Å². The molecule has 0 unspecified atom stereocenters. The maximum Gasteiger partial charge on any atom is 2.00 e. The Morgan fingerprint density at radius 2 is 0.933 bits per heavy atom. The Kier molecular flexibility index (Phi) is 27.0. The van der Waals surface area contributed by atoms with Crippen molar-refractivity contribution in [2.24, 2.45) is 0 Å². The van der Waals surface area contributed by atoms with Crippen LogP contribution in [0.2, 0.25) is 0 Å². The van der Waals surface area contributed by atoms with E-state index in [1.807, 2.05) is 0 Å². The van der Waals surface area contributed by atoms with E-state index < -0.39 is 0 Å². The number of unbranched alkanes of at least 4 members (excludes halogenated alkanes) is 13. The predicted molar refractivity (Wildman–Crippen MR) is 196 cm³/mol. The van der Waals surface area contributed by atoms with Gasteiger partial charge in [-0.15, -0.1) is 0 Å². The van der Waals surface area contributed by atoms with Gasteiger partial charge in [-0.05, 0) is 73.9 Å². The molecule has 0 fully saturated rings. The Morgan fingerprint density at radius 1 is 0.533 bits per heavy atom. The van der Waals surface area contributed by atoms with Crippen molar-refractivity contribution in [2.45, 2.75) is 157 Å². The van der Waals surface area contributed by atoms with Crippen molar-refractivity contribution in [2.75, 3.05) is 0 Å². The van der Waals surface area contributed by atoms with Crippen molar-refractivity contribution in [1.29, 1.82) is 0 Å². The molecular formula is C42H66N2Ni. The third kappa shape index (κ3) is 16.4. The molecule has 0 bridgehead atoms. The van der Waals surface area contributed by atoms with Crippen molar-refractivity contribution in [1.82, 2.24) is 0 Å². The normalized spacial score (nSPS) is 12.2. The summed E-state index contributed by atoms with van der Waals surface area (Å²) >= 11 is 0. The van der Waals surface area contributed by atoms with E-state index in [0.717, 1.165) is 48.2 Å². The molecule has 0 aromatic heterocycles. The van der Waals surface area contributed by atoms with Crippen molar-refractivity contribution in [3.05, 3.63) is 102 Å². The molecule has 0 atom stereocenters. The second-order valence-corrected chi connectivity index (χ2v) is 12.0. The zero-order valence-corrected chi connectivity index (χ0v) is 30.7. The summed E-state index contributed by atoms with van der Waals surface area (Å²) in [4.78, 5) is 0. The fourth-order valence-electron chi connectivity index (χ4n) is 5.98. The van der Waals surface area contributed by atoms with E-state index in [1.54, 1.807) is 13.8 Å². The van der Waals surface area contributed by atoms with E-state index in [4.69, 9.17) is 0 Å². The summed E-state index contributed by atoms with van der Waals surface area (Å²) in [5.41, 5.74) is 19.8. The Morgan fingerprint density at radius 3 is 1.44 bits per heavy atom. The van der Waals surface area contributed by atoms with Gasteiger partial charge in [-0.1, -0.05) is 129 Å². The minimum Gasteiger partial charge on any atom is -0.493 e. The van der Waals surface area contributed by atoms with Crippen LogP contribution in [0.1, 0.15) is 166 Å². The average Bonchev–Trinajstić information content (AvgIpc) is 3.40. The van der Waals surface area contributed by atoms with Gasteiger partial charge in [0.25, 0.3) is 0 Å². The number of nitrogens with zero attached hydrogens (tertiary/aromatic N) is 2. The van der Waals surface area contributed by atoms with Gasteiger partial charge in [-0.2, -0.15) is 13.8 Å². The third-order valence-electron chi connectivity index (χ3n) is 8.42. The summed E-state index contributed by atoms with van der Waals surface area (Å²) in [5, 5.41) is 0. The molecule has 1 aliphatic rings. The standard InChI is InChI=1S/C38H56N2.2C2H5.Ni/c1-4-7-10-12-14-16-19-23-33-25-21-28-35(30-33)38-36(26-17-9-6-3)31-37(40(38)39)34-27-20-24-32(29-34)22-18-15-13-11-8-5-2;2*1-2;/h20-21,24-25,27-31H,4-19,22-23,26H2,1-3H3;2*1H2,2H3;/q;2*-1;+2. The molecule has 1 heterocycles. The number of hydrogen-bond acceptors (Lipinski definition) is 0. The molecule has 1 aliphatic heterocycles. The van der Waals surface area contributed by atoms with Crippen molar-refractivity contribution < 1.29 is 21.2 Å². The van der Waals surface area contributed by atoms with E-state index in [0.29, 0.717) is 0 Å². The van der Waals surface area contributed by atoms with Crippen molar-refractivity contribution in [3.8, 4) is 0 Å². The first-order valence-corrected chi connectivity index (χ1v) is 18.2. The summed E-state index contributed by atoms with van der Waals surface area (Å²) < 4.78 is 1.48. The summed E-state index contributed by atoms with van der Waals surface area (Å²) in [6.45, 7) is 16.8. The fourth-order valence-corrected chi connectivity index (χ4v) is 5.98. The van der Waals surface area contributed by atoms with Crippen LogP contribution in [0.5, 0.6) is 0 Å². The van der Waals surface area contributed by atoms with Gasteiger partial charge in [0.1, 0.15) is 0 Å². The van der Waals surface area contributed by atoms with Crippen LogP contribution in [0.25, 0.3) is 16.9 Å². The second-order valence-electron chi connectivity index (χ2n) is 12.0. The van der Waals surface area contributed by atoms with E-state index in [2.05, 4.69) is 89.2 Å². The SMILES string of the molecule is CCCCCCCCCc1cccc(C2=C(CCCCC)C=C(c3cccc(CCCCCCCC)c3)[N+]2=[N-])c1.[CH2-]C.[CH2-]C.[Ni+2]. The molecule has 0 aliphatic carbocycles. The van der Waals surface area contributed by atoms with Gasteiger partial charge in [-0.3, -0.25) is 0 Å². The summed E-state index contributed by atoms with van der Waals surface area (Å²) in [7, 11) is 0. The topological polar surface area (TPSA) is 25.3 Å².